The summed E-state index contributed by atoms with van der Waals surface area (Å²) < 4.78 is 4.80. The zero-order chi connectivity index (χ0) is 26.2. The van der Waals surface area contributed by atoms with E-state index in [-0.39, 0.29) is 0 Å². The molecule has 4 aromatic heterocycles. The molecule has 5 aromatic carbocycles. The minimum atomic E-state index is 1.06. The van der Waals surface area contributed by atoms with Gasteiger partial charge in [-0.25, -0.2) is 0 Å². The van der Waals surface area contributed by atoms with E-state index in [1.54, 1.807) is 0 Å². The lowest BCUT2D eigenvalue weighted by Gasteiger charge is -2.10. The first-order chi connectivity index (χ1) is 19.8. The van der Waals surface area contributed by atoms with Crippen molar-refractivity contribution in [2.45, 2.75) is 0 Å². The van der Waals surface area contributed by atoms with Crippen LogP contribution in [0.3, 0.4) is 0 Å². The number of fused-ring (bicyclic) bond motifs is 11. The smallest absolute Gasteiger partial charge is 0.0651 e. The number of benzene rings is 5. The molecular weight excluding hydrogens is 486 g/mol. The van der Waals surface area contributed by atoms with Gasteiger partial charge in [0.2, 0.25) is 0 Å². The van der Waals surface area contributed by atoms with E-state index < -0.39 is 0 Å². The SMILES string of the molecule is c1ccc(-c2cncc(-n3c4ccccc4c4cc5c(cc43)cc3c4ccccc4c4ccccc4n53)c2)cc1. The number of rotatable bonds is 2. The van der Waals surface area contributed by atoms with Gasteiger partial charge >= 0.3 is 0 Å². The van der Waals surface area contributed by atoms with Crippen molar-refractivity contribution in [1.82, 2.24) is 14.0 Å². The monoisotopic (exact) mass is 509 g/mol. The lowest BCUT2D eigenvalue weighted by atomic mass is 10.1. The molecule has 9 rings (SSSR count). The Morgan fingerprint density at radius 1 is 0.400 bits per heavy atom. The summed E-state index contributed by atoms with van der Waals surface area (Å²) in [6.45, 7) is 0. The first-order valence-electron chi connectivity index (χ1n) is 13.6. The third kappa shape index (κ3) is 2.92. The predicted octanol–water partition coefficient (Wildman–Crippen LogP) is 9.56. The zero-order valence-corrected chi connectivity index (χ0v) is 21.6. The van der Waals surface area contributed by atoms with Crippen LogP contribution in [0.1, 0.15) is 0 Å². The average Bonchev–Trinajstić information content (AvgIpc) is 3.56. The summed E-state index contributed by atoms with van der Waals surface area (Å²) in [4.78, 5) is 4.67. The normalized spacial score (nSPS) is 12.0. The van der Waals surface area contributed by atoms with E-state index in [1.165, 1.54) is 59.9 Å². The molecule has 0 N–H and O–H groups in total. The topological polar surface area (TPSA) is 22.2 Å². The third-order valence-corrected chi connectivity index (χ3v) is 8.32. The highest BCUT2D eigenvalue weighted by molar-refractivity contribution is 6.18. The largest absolute Gasteiger partial charge is 0.309 e. The molecule has 0 atom stereocenters. The minimum Gasteiger partial charge on any atom is -0.309 e. The number of aromatic nitrogens is 3. The summed E-state index contributed by atoms with van der Waals surface area (Å²) in [5.74, 6) is 0. The van der Waals surface area contributed by atoms with Crippen LogP contribution in [0, 0.1) is 0 Å². The number of hydrogen-bond donors (Lipinski definition) is 0. The first kappa shape index (κ1) is 21.5. The summed E-state index contributed by atoms with van der Waals surface area (Å²) in [5, 5.41) is 7.54. The Morgan fingerprint density at radius 2 is 1.02 bits per heavy atom. The van der Waals surface area contributed by atoms with Crippen molar-refractivity contribution in [3.63, 3.8) is 0 Å². The van der Waals surface area contributed by atoms with Gasteiger partial charge in [-0.1, -0.05) is 91.0 Å². The Bertz CT molecular complexity index is 2430. The van der Waals surface area contributed by atoms with E-state index in [9.17, 15) is 0 Å². The van der Waals surface area contributed by atoms with E-state index in [0.717, 1.165) is 16.8 Å². The lowest BCUT2D eigenvalue weighted by molar-refractivity contribution is 1.14. The molecule has 0 aliphatic heterocycles. The predicted molar refractivity (Wildman–Crippen MR) is 167 cm³/mol. The van der Waals surface area contributed by atoms with Crippen LogP contribution in [0.4, 0.5) is 0 Å². The van der Waals surface area contributed by atoms with Crippen LogP contribution < -0.4 is 0 Å². The summed E-state index contributed by atoms with van der Waals surface area (Å²) in [7, 11) is 0. The quantitative estimate of drug-likeness (QED) is 0.213. The molecular formula is C37H23N3. The second-order valence-corrected chi connectivity index (χ2v) is 10.5. The van der Waals surface area contributed by atoms with Gasteiger partial charge in [0.1, 0.15) is 0 Å². The van der Waals surface area contributed by atoms with Crippen LogP contribution in [-0.4, -0.2) is 14.0 Å². The van der Waals surface area contributed by atoms with Gasteiger partial charge in [-0.05, 0) is 47.3 Å². The van der Waals surface area contributed by atoms with E-state index in [2.05, 4.69) is 135 Å². The van der Waals surface area contributed by atoms with Gasteiger partial charge in [0.15, 0.2) is 0 Å². The lowest BCUT2D eigenvalue weighted by Crippen LogP contribution is -1.95. The number of para-hydroxylation sites is 2. The highest BCUT2D eigenvalue weighted by atomic mass is 15.0. The van der Waals surface area contributed by atoms with Crippen molar-refractivity contribution in [2.75, 3.05) is 0 Å². The standard InChI is InChI=1S/C37H23N3/c1-2-10-24(11-3-1)26-18-27(23-38-22-26)39-33-16-8-7-15-31(33)32-21-35-25(20-37(32)39)19-36-30-14-5-4-12-28(30)29-13-6-9-17-34(29)40(35)36/h1-23H. The van der Waals surface area contributed by atoms with Crippen molar-refractivity contribution in [3.8, 4) is 16.8 Å². The third-order valence-electron chi connectivity index (χ3n) is 8.32. The molecule has 0 saturated heterocycles. The van der Waals surface area contributed by atoms with Crippen molar-refractivity contribution in [1.29, 1.82) is 0 Å². The van der Waals surface area contributed by atoms with Gasteiger partial charge in [-0.3, -0.25) is 4.98 Å². The fraction of sp³-hybridized carbons (Fsp3) is 0. The van der Waals surface area contributed by atoms with Crippen LogP contribution in [-0.2, 0) is 0 Å². The van der Waals surface area contributed by atoms with Gasteiger partial charge in [0, 0.05) is 38.7 Å². The van der Waals surface area contributed by atoms with Gasteiger partial charge < -0.3 is 8.97 Å². The second-order valence-electron chi connectivity index (χ2n) is 10.5. The molecule has 3 heteroatoms. The molecule has 0 radical (unpaired) electrons. The van der Waals surface area contributed by atoms with Crippen LogP contribution in [0.2, 0.25) is 0 Å². The second kappa shape index (κ2) is 8.05. The maximum Gasteiger partial charge on any atom is 0.0651 e. The van der Waals surface area contributed by atoms with Crippen molar-refractivity contribution < 1.29 is 0 Å². The van der Waals surface area contributed by atoms with Gasteiger partial charge in [-0.2, -0.15) is 0 Å². The molecule has 0 bridgehead atoms. The van der Waals surface area contributed by atoms with Crippen LogP contribution >= 0.6 is 0 Å². The van der Waals surface area contributed by atoms with Gasteiger partial charge in [-0.15, -0.1) is 0 Å². The Morgan fingerprint density at radius 3 is 1.82 bits per heavy atom. The van der Waals surface area contributed by atoms with Gasteiger partial charge in [0.05, 0.1) is 39.5 Å². The summed E-state index contributed by atoms with van der Waals surface area (Å²) >= 11 is 0. The van der Waals surface area contributed by atoms with E-state index in [4.69, 9.17) is 0 Å². The van der Waals surface area contributed by atoms with E-state index >= 15 is 0 Å². The summed E-state index contributed by atoms with van der Waals surface area (Å²) in [6, 6.07) is 46.0. The minimum absolute atomic E-state index is 1.06. The Hall–Kier alpha value is -5.41. The number of nitrogens with zero attached hydrogens (tertiary/aromatic N) is 3. The molecule has 0 amide bonds. The van der Waals surface area contributed by atoms with Crippen molar-refractivity contribution >= 4 is 59.9 Å². The molecule has 40 heavy (non-hydrogen) atoms. The molecule has 3 nitrogen and oxygen atoms in total. The van der Waals surface area contributed by atoms with Gasteiger partial charge in [0.25, 0.3) is 0 Å². The Balaban J connectivity index is 1.42. The molecule has 9 aromatic rings. The van der Waals surface area contributed by atoms with Crippen LogP contribution in [0.15, 0.2) is 140 Å². The molecule has 186 valence electrons. The maximum absolute atomic E-state index is 4.67. The highest BCUT2D eigenvalue weighted by Gasteiger charge is 2.17. The maximum atomic E-state index is 4.67. The zero-order valence-electron chi connectivity index (χ0n) is 21.6. The highest BCUT2D eigenvalue weighted by Crippen LogP contribution is 2.39. The van der Waals surface area contributed by atoms with Crippen LogP contribution in [0.5, 0.6) is 0 Å². The molecule has 0 fully saturated rings. The fourth-order valence-electron chi connectivity index (χ4n) is 6.58. The molecule has 0 spiro atoms. The molecule has 0 aliphatic carbocycles. The molecule has 4 heterocycles. The Kier molecular flexibility index (Phi) is 4.33. The fourth-order valence-corrected chi connectivity index (χ4v) is 6.58. The van der Waals surface area contributed by atoms with E-state index in [0.29, 0.717) is 0 Å². The first-order valence-corrected chi connectivity index (χ1v) is 13.6. The molecule has 0 unspecified atom stereocenters. The summed E-state index contributed by atoms with van der Waals surface area (Å²) in [5.41, 5.74) is 9.40. The number of hydrogen-bond acceptors (Lipinski definition) is 1. The van der Waals surface area contributed by atoms with Crippen molar-refractivity contribution in [3.05, 3.63) is 140 Å². The molecule has 0 aliphatic rings. The van der Waals surface area contributed by atoms with Crippen molar-refractivity contribution in [2.24, 2.45) is 0 Å². The molecule has 0 saturated carbocycles. The summed E-state index contributed by atoms with van der Waals surface area (Å²) in [6.07, 6.45) is 3.92. The average molecular weight is 510 g/mol. The van der Waals surface area contributed by atoms with E-state index in [1.807, 2.05) is 18.5 Å². The Labute approximate surface area is 230 Å². The number of pyridine rings is 2. The van der Waals surface area contributed by atoms with Crippen LogP contribution in [0.25, 0.3) is 76.7 Å².